The summed E-state index contributed by atoms with van der Waals surface area (Å²) < 4.78 is 0. The van der Waals surface area contributed by atoms with Crippen molar-refractivity contribution < 1.29 is 4.90 Å². The van der Waals surface area contributed by atoms with Crippen molar-refractivity contribution in [2.75, 3.05) is 13.1 Å². The van der Waals surface area contributed by atoms with E-state index >= 15 is 0 Å². The largest absolute Gasteiger partial charge is 0.358 e. The maximum Gasteiger partial charge on any atom is 0.198 e. The minimum absolute atomic E-state index is 0.194. The first-order valence-electron chi connectivity index (χ1n) is 7.61. The third-order valence-corrected chi connectivity index (χ3v) is 4.03. The van der Waals surface area contributed by atoms with Gasteiger partial charge < -0.3 is 9.88 Å². The van der Waals surface area contributed by atoms with Crippen LogP contribution in [0.3, 0.4) is 0 Å². The number of aromatic amines is 1. The van der Waals surface area contributed by atoms with Crippen LogP contribution in [0.15, 0.2) is 29.1 Å². The highest BCUT2D eigenvalue weighted by Crippen LogP contribution is 2.10. The van der Waals surface area contributed by atoms with Crippen LogP contribution in [0.2, 0.25) is 0 Å². The molecule has 0 amide bonds. The molecule has 1 aromatic carbocycles. The molecule has 1 unspecified atom stereocenters. The number of pyridine rings is 1. The molecule has 0 aliphatic heterocycles. The average Bonchev–Trinajstić information content (AvgIpc) is 2.46. The molecule has 0 saturated heterocycles. The van der Waals surface area contributed by atoms with Crippen molar-refractivity contribution >= 4 is 10.9 Å². The van der Waals surface area contributed by atoms with E-state index in [-0.39, 0.29) is 5.43 Å². The van der Waals surface area contributed by atoms with Crippen molar-refractivity contribution in [2.45, 2.75) is 40.2 Å². The van der Waals surface area contributed by atoms with E-state index in [9.17, 15) is 4.79 Å². The molecule has 0 fully saturated rings. The maximum atomic E-state index is 12.6. The summed E-state index contributed by atoms with van der Waals surface area (Å²) in [5, 5.41) is 0.805. The summed E-state index contributed by atoms with van der Waals surface area (Å²) in [5.41, 5.74) is 3.08. The zero-order valence-electron chi connectivity index (χ0n) is 12.8. The fraction of sp³-hybridized carbons (Fsp3) is 0.471. The summed E-state index contributed by atoms with van der Waals surface area (Å²) in [7, 11) is 0. The normalized spacial score (nSPS) is 12.8. The van der Waals surface area contributed by atoms with E-state index in [0.717, 1.165) is 41.8 Å². The first-order chi connectivity index (χ1) is 9.67. The fourth-order valence-electron chi connectivity index (χ4n) is 2.68. The van der Waals surface area contributed by atoms with Crippen LogP contribution < -0.4 is 10.3 Å². The molecule has 2 aromatic rings. The van der Waals surface area contributed by atoms with Crippen LogP contribution in [0.1, 0.15) is 37.9 Å². The predicted molar refractivity (Wildman–Crippen MR) is 84.3 cm³/mol. The van der Waals surface area contributed by atoms with Gasteiger partial charge in [0.25, 0.3) is 0 Å². The molecule has 1 atom stereocenters. The molecule has 0 aliphatic rings. The monoisotopic (exact) mass is 273 g/mol. The number of nitrogens with one attached hydrogen (secondary N) is 2. The average molecular weight is 273 g/mol. The maximum absolute atomic E-state index is 12.6. The van der Waals surface area contributed by atoms with Crippen molar-refractivity contribution in [1.82, 2.24) is 4.98 Å². The number of aromatic nitrogens is 1. The summed E-state index contributed by atoms with van der Waals surface area (Å²) in [6.07, 6.45) is 2.42. The molecule has 2 N–H and O–H groups in total. The van der Waals surface area contributed by atoms with Gasteiger partial charge >= 0.3 is 0 Å². The van der Waals surface area contributed by atoms with E-state index < -0.39 is 0 Å². The molecule has 1 aromatic heterocycles. The van der Waals surface area contributed by atoms with Gasteiger partial charge in [0.1, 0.15) is 6.54 Å². The topological polar surface area (TPSA) is 37.3 Å². The summed E-state index contributed by atoms with van der Waals surface area (Å²) in [5.74, 6) is 0. The van der Waals surface area contributed by atoms with Crippen LogP contribution >= 0.6 is 0 Å². The standard InChI is InChI=1S/C17H24N2O/c1-4-6-11-19(5-2)12-15-13(3)18-16-10-8-7-9-14(16)17(15)20/h7-10H,4-6,11-12H2,1-3H3,(H,18,20)/p+1. The highest BCUT2D eigenvalue weighted by atomic mass is 16.1. The molecule has 0 spiro atoms. The van der Waals surface area contributed by atoms with Gasteiger partial charge in [0.05, 0.1) is 18.7 Å². The Hall–Kier alpha value is -1.61. The Morgan fingerprint density at radius 3 is 2.65 bits per heavy atom. The van der Waals surface area contributed by atoms with Crippen LogP contribution in [0.4, 0.5) is 0 Å². The van der Waals surface area contributed by atoms with E-state index in [1.165, 1.54) is 17.7 Å². The Labute approximate surface area is 120 Å². The highest BCUT2D eigenvalue weighted by Gasteiger charge is 2.14. The number of quaternary nitrogens is 1. The molecular formula is C17H25N2O+. The summed E-state index contributed by atoms with van der Waals surface area (Å²) in [4.78, 5) is 17.5. The van der Waals surface area contributed by atoms with Gasteiger partial charge in [-0.1, -0.05) is 25.5 Å². The smallest absolute Gasteiger partial charge is 0.198 e. The first kappa shape index (κ1) is 14.8. The van der Waals surface area contributed by atoms with Gasteiger partial charge in [0.15, 0.2) is 5.43 Å². The minimum Gasteiger partial charge on any atom is -0.358 e. The van der Waals surface area contributed by atoms with Gasteiger partial charge in [-0.05, 0) is 32.4 Å². The van der Waals surface area contributed by atoms with E-state index in [0.29, 0.717) is 0 Å². The van der Waals surface area contributed by atoms with Crippen LogP contribution in [-0.4, -0.2) is 18.1 Å². The van der Waals surface area contributed by atoms with Crippen molar-refractivity contribution in [2.24, 2.45) is 0 Å². The van der Waals surface area contributed by atoms with Crippen molar-refractivity contribution in [1.29, 1.82) is 0 Å². The highest BCUT2D eigenvalue weighted by molar-refractivity contribution is 5.79. The second kappa shape index (κ2) is 6.71. The van der Waals surface area contributed by atoms with Gasteiger partial charge in [0, 0.05) is 16.6 Å². The molecule has 0 saturated carbocycles. The molecule has 0 aliphatic carbocycles. The van der Waals surface area contributed by atoms with Gasteiger partial charge in [-0.2, -0.15) is 0 Å². The SMILES string of the molecule is CCCC[NH+](CC)Cc1c(C)[nH]c2ccccc2c1=O. The van der Waals surface area contributed by atoms with Gasteiger partial charge in [-0.3, -0.25) is 4.79 Å². The van der Waals surface area contributed by atoms with Crippen LogP contribution in [-0.2, 0) is 6.54 Å². The summed E-state index contributed by atoms with van der Waals surface area (Å²) in [6, 6.07) is 7.77. The number of hydrogen-bond donors (Lipinski definition) is 2. The van der Waals surface area contributed by atoms with E-state index in [1.807, 2.05) is 31.2 Å². The number of aryl methyl sites for hydroxylation is 1. The predicted octanol–water partition coefficient (Wildman–Crippen LogP) is 2.04. The zero-order valence-corrected chi connectivity index (χ0v) is 12.8. The molecule has 0 bridgehead atoms. The lowest BCUT2D eigenvalue weighted by Gasteiger charge is -2.18. The van der Waals surface area contributed by atoms with Crippen LogP contribution in [0, 0.1) is 6.92 Å². The number of H-pyrrole nitrogens is 1. The van der Waals surface area contributed by atoms with Crippen LogP contribution in [0.5, 0.6) is 0 Å². The third kappa shape index (κ3) is 3.10. The number of unbranched alkanes of at least 4 members (excludes halogenated alkanes) is 1. The number of fused-ring (bicyclic) bond motifs is 1. The molecule has 0 radical (unpaired) electrons. The Morgan fingerprint density at radius 2 is 1.95 bits per heavy atom. The molecule has 2 rings (SSSR count). The fourth-order valence-corrected chi connectivity index (χ4v) is 2.68. The molecule has 3 nitrogen and oxygen atoms in total. The first-order valence-corrected chi connectivity index (χ1v) is 7.61. The minimum atomic E-state index is 0.194. The Morgan fingerprint density at radius 1 is 1.20 bits per heavy atom. The molecule has 1 heterocycles. The van der Waals surface area contributed by atoms with Gasteiger partial charge in [-0.15, -0.1) is 0 Å². The van der Waals surface area contributed by atoms with Crippen molar-refractivity contribution in [3.05, 3.63) is 45.7 Å². The Balaban J connectivity index is 2.36. The van der Waals surface area contributed by atoms with Crippen molar-refractivity contribution in [3.63, 3.8) is 0 Å². The second-order valence-electron chi connectivity index (χ2n) is 5.49. The number of benzene rings is 1. The number of para-hydroxylation sites is 1. The quantitative estimate of drug-likeness (QED) is 0.830. The zero-order chi connectivity index (χ0) is 14.5. The molecule has 3 heteroatoms. The number of hydrogen-bond acceptors (Lipinski definition) is 1. The van der Waals surface area contributed by atoms with E-state index in [2.05, 4.69) is 18.8 Å². The molecule has 108 valence electrons. The Kier molecular flexibility index (Phi) is 4.96. The molecule has 20 heavy (non-hydrogen) atoms. The van der Waals surface area contributed by atoms with Gasteiger partial charge in [0.2, 0.25) is 0 Å². The lowest BCUT2D eigenvalue weighted by atomic mass is 10.1. The lowest BCUT2D eigenvalue weighted by Crippen LogP contribution is -3.10. The summed E-state index contributed by atoms with van der Waals surface area (Å²) in [6.45, 7) is 9.43. The van der Waals surface area contributed by atoms with Crippen LogP contribution in [0.25, 0.3) is 10.9 Å². The van der Waals surface area contributed by atoms with E-state index in [4.69, 9.17) is 0 Å². The van der Waals surface area contributed by atoms with Crippen molar-refractivity contribution in [3.8, 4) is 0 Å². The molecular weight excluding hydrogens is 248 g/mol. The lowest BCUT2D eigenvalue weighted by molar-refractivity contribution is -0.912. The third-order valence-electron chi connectivity index (χ3n) is 4.03. The number of rotatable bonds is 6. The Bertz CT molecular complexity index is 630. The summed E-state index contributed by atoms with van der Waals surface area (Å²) >= 11 is 0. The van der Waals surface area contributed by atoms with Gasteiger partial charge in [-0.25, -0.2) is 0 Å². The second-order valence-corrected chi connectivity index (χ2v) is 5.49. The van der Waals surface area contributed by atoms with E-state index in [1.54, 1.807) is 0 Å².